The number of nitrogen functional groups attached to an aromatic ring is 1. The summed E-state index contributed by atoms with van der Waals surface area (Å²) in [5.41, 5.74) is 4.94. The summed E-state index contributed by atoms with van der Waals surface area (Å²) in [5.74, 6) is -0.720. The molecule has 2 amide bonds. The predicted molar refractivity (Wildman–Crippen MR) is 60.2 cm³/mol. The Labute approximate surface area is 98.1 Å². The molecule has 0 unspecified atom stereocenters. The van der Waals surface area contributed by atoms with Gasteiger partial charge in [0, 0.05) is 6.54 Å². The van der Waals surface area contributed by atoms with E-state index in [1.807, 2.05) is 0 Å². The molecule has 0 radical (unpaired) electrons. The Morgan fingerprint density at radius 1 is 1.47 bits per heavy atom. The van der Waals surface area contributed by atoms with E-state index in [-0.39, 0.29) is 17.1 Å². The van der Waals surface area contributed by atoms with Crippen molar-refractivity contribution in [2.75, 3.05) is 12.3 Å². The van der Waals surface area contributed by atoms with Crippen LogP contribution in [0.1, 0.15) is 6.92 Å². The number of carbonyl (C=O) groups excluding carboxylic acids is 1. The maximum Gasteiger partial charge on any atom is 0.328 e. The zero-order valence-electron chi connectivity index (χ0n) is 9.03. The van der Waals surface area contributed by atoms with Crippen LogP contribution < -0.4 is 15.8 Å². The van der Waals surface area contributed by atoms with Crippen molar-refractivity contribution in [2.45, 2.75) is 11.8 Å². The molecule has 0 aliphatic rings. The minimum atomic E-state index is -4.03. The van der Waals surface area contributed by atoms with Crippen LogP contribution in [-0.2, 0) is 10.0 Å². The van der Waals surface area contributed by atoms with Gasteiger partial charge in [0.15, 0.2) is 0 Å². The fraction of sp³-hybridized carbons (Fsp3) is 0.222. The molecule has 0 aromatic heterocycles. The van der Waals surface area contributed by atoms with Crippen molar-refractivity contribution in [1.29, 1.82) is 0 Å². The molecule has 94 valence electrons. The van der Waals surface area contributed by atoms with Crippen LogP contribution in [0.15, 0.2) is 23.1 Å². The van der Waals surface area contributed by atoms with Crippen LogP contribution in [0.2, 0.25) is 0 Å². The van der Waals surface area contributed by atoms with Gasteiger partial charge in [0.05, 0.1) is 10.6 Å². The quantitative estimate of drug-likeness (QED) is 0.686. The minimum absolute atomic E-state index is 0.275. The first-order valence-electron chi connectivity index (χ1n) is 4.72. The third-order valence-electron chi connectivity index (χ3n) is 1.84. The van der Waals surface area contributed by atoms with Gasteiger partial charge in [-0.2, -0.15) is 0 Å². The van der Waals surface area contributed by atoms with Crippen LogP contribution >= 0.6 is 0 Å². The van der Waals surface area contributed by atoms with Gasteiger partial charge in [0.2, 0.25) is 0 Å². The van der Waals surface area contributed by atoms with E-state index in [4.69, 9.17) is 5.73 Å². The summed E-state index contributed by atoms with van der Waals surface area (Å²) in [4.78, 5) is 10.8. The number of sulfonamides is 1. The Hall–Kier alpha value is -1.83. The molecule has 0 aliphatic heterocycles. The van der Waals surface area contributed by atoms with Crippen LogP contribution in [0.5, 0.6) is 0 Å². The second-order valence-corrected chi connectivity index (χ2v) is 4.83. The number of halogens is 1. The lowest BCUT2D eigenvalue weighted by Crippen LogP contribution is -2.39. The lowest BCUT2D eigenvalue weighted by atomic mass is 10.3. The normalized spacial score (nSPS) is 10.9. The van der Waals surface area contributed by atoms with E-state index in [0.29, 0.717) is 0 Å². The van der Waals surface area contributed by atoms with E-state index in [9.17, 15) is 17.6 Å². The summed E-state index contributed by atoms with van der Waals surface area (Å²) < 4.78 is 37.9. The molecule has 0 bridgehead atoms. The molecule has 0 fully saturated rings. The zero-order chi connectivity index (χ0) is 13.1. The van der Waals surface area contributed by atoms with E-state index < -0.39 is 21.9 Å². The number of rotatable bonds is 3. The molecule has 0 aliphatic carbocycles. The van der Waals surface area contributed by atoms with Gasteiger partial charge in [0.1, 0.15) is 5.82 Å². The smallest absolute Gasteiger partial charge is 0.328 e. The zero-order valence-corrected chi connectivity index (χ0v) is 9.84. The molecule has 0 spiro atoms. The number of nitrogens with one attached hydrogen (secondary N) is 2. The van der Waals surface area contributed by atoms with Gasteiger partial charge in [-0.3, -0.25) is 0 Å². The van der Waals surface area contributed by atoms with Crippen molar-refractivity contribution in [3.8, 4) is 0 Å². The highest BCUT2D eigenvalue weighted by atomic mass is 32.2. The third kappa shape index (κ3) is 3.31. The van der Waals surface area contributed by atoms with Gasteiger partial charge >= 0.3 is 6.03 Å². The molecule has 8 heteroatoms. The van der Waals surface area contributed by atoms with Crippen molar-refractivity contribution in [1.82, 2.24) is 10.0 Å². The van der Waals surface area contributed by atoms with E-state index >= 15 is 0 Å². The number of benzene rings is 1. The molecule has 1 aromatic carbocycles. The van der Waals surface area contributed by atoms with Gasteiger partial charge in [-0.1, -0.05) is 0 Å². The Morgan fingerprint density at radius 3 is 2.65 bits per heavy atom. The summed E-state index contributed by atoms with van der Waals surface area (Å²) in [6, 6.07) is 2.03. The number of carbonyl (C=O) groups is 1. The Bertz CT molecular complexity index is 530. The lowest BCUT2D eigenvalue weighted by molar-refractivity contribution is 0.246. The first-order valence-corrected chi connectivity index (χ1v) is 6.21. The Balaban J connectivity index is 2.97. The fourth-order valence-corrected chi connectivity index (χ4v) is 2.03. The van der Waals surface area contributed by atoms with Crippen molar-refractivity contribution in [3.05, 3.63) is 24.0 Å². The molecule has 0 saturated carbocycles. The second kappa shape index (κ2) is 5.00. The van der Waals surface area contributed by atoms with E-state index in [1.165, 1.54) is 0 Å². The number of amides is 2. The summed E-state index contributed by atoms with van der Waals surface area (Å²) in [7, 11) is -4.03. The molecule has 0 saturated heterocycles. The number of nitrogens with two attached hydrogens (primary N) is 1. The SMILES string of the molecule is CCNC(=O)NS(=O)(=O)c1ccc(F)c(N)c1. The van der Waals surface area contributed by atoms with E-state index in [1.54, 1.807) is 11.6 Å². The Morgan fingerprint density at radius 2 is 2.12 bits per heavy atom. The molecule has 1 rings (SSSR count). The molecule has 4 N–H and O–H groups in total. The molecule has 0 heterocycles. The van der Waals surface area contributed by atoms with E-state index in [0.717, 1.165) is 18.2 Å². The van der Waals surface area contributed by atoms with Crippen LogP contribution in [0, 0.1) is 5.82 Å². The number of anilines is 1. The standard InChI is InChI=1S/C9H12FN3O3S/c1-2-12-9(14)13-17(15,16)6-3-4-7(10)8(11)5-6/h3-5H,2,11H2,1H3,(H2,12,13,14). The topological polar surface area (TPSA) is 101 Å². The average molecular weight is 261 g/mol. The number of urea groups is 1. The van der Waals surface area contributed by atoms with E-state index in [2.05, 4.69) is 5.32 Å². The molecule has 1 aromatic rings. The minimum Gasteiger partial charge on any atom is -0.396 e. The van der Waals surface area contributed by atoms with Crippen molar-refractivity contribution >= 4 is 21.7 Å². The largest absolute Gasteiger partial charge is 0.396 e. The summed E-state index contributed by atoms with van der Waals surface area (Å²) in [5, 5.41) is 2.26. The highest BCUT2D eigenvalue weighted by Gasteiger charge is 2.18. The summed E-state index contributed by atoms with van der Waals surface area (Å²) in [6.07, 6.45) is 0. The molecule has 6 nitrogen and oxygen atoms in total. The Kier molecular flexibility index (Phi) is 3.89. The molecular formula is C9H12FN3O3S. The van der Waals surface area contributed by atoms with Crippen LogP contribution in [0.3, 0.4) is 0 Å². The summed E-state index contributed by atoms with van der Waals surface area (Å²) >= 11 is 0. The van der Waals surface area contributed by atoms with Gasteiger partial charge in [0.25, 0.3) is 10.0 Å². The summed E-state index contributed by atoms with van der Waals surface area (Å²) in [6.45, 7) is 1.93. The average Bonchev–Trinajstić information content (AvgIpc) is 2.21. The first kappa shape index (κ1) is 13.2. The highest BCUT2D eigenvalue weighted by Crippen LogP contribution is 2.16. The van der Waals surface area contributed by atoms with Gasteiger partial charge in [-0.05, 0) is 25.1 Å². The van der Waals surface area contributed by atoms with Crippen LogP contribution in [0.4, 0.5) is 14.9 Å². The molecule has 17 heavy (non-hydrogen) atoms. The van der Waals surface area contributed by atoms with Gasteiger partial charge < -0.3 is 11.1 Å². The lowest BCUT2D eigenvalue weighted by Gasteiger charge is -2.08. The maximum absolute atomic E-state index is 12.9. The molecular weight excluding hydrogens is 249 g/mol. The monoisotopic (exact) mass is 261 g/mol. The van der Waals surface area contributed by atoms with Gasteiger partial charge in [-0.25, -0.2) is 22.3 Å². The fourth-order valence-electron chi connectivity index (χ4n) is 1.07. The third-order valence-corrected chi connectivity index (χ3v) is 3.17. The number of hydrogen-bond acceptors (Lipinski definition) is 4. The van der Waals surface area contributed by atoms with Crippen molar-refractivity contribution in [3.63, 3.8) is 0 Å². The van der Waals surface area contributed by atoms with Gasteiger partial charge in [-0.15, -0.1) is 0 Å². The maximum atomic E-state index is 12.9. The van der Waals surface area contributed by atoms with Crippen LogP contribution in [-0.4, -0.2) is 21.0 Å². The number of hydrogen-bond donors (Lipinski definition) is 3. The molecule has 0 atom stereocenters. The van der Waals surface area contributed by atoms with Crippen LogP contribution in [0.25, 0.3) is 0 Å². The second-order valence-electron chi connectivity index (χ2n) is 3.15. The highest BCUT2D eigenvalue weighted by molar-refractivity contribution is 7.90. The first-order chi connectivity index (χ1) is 7.86. The van der Waals surface area contributed by atoms with Crippen molar-refractivity contribution in [2.24, 2.45) is 0 Å². The van der Waals surface area contributed by atoms with Crippen molar-refractivity contribution < 1.29 is 17.6 Å². The predicted octanol–water partition coefficient (Wildman–Crippen LogP) is 0.416.